The van der Waals surface area contributed by atoms with E-state index in [1.165, 1.54) is 22.6 Å². The van der Waals surface area contributed by atoms with Gasteiger partial charge >= 0.3 is 0 Å². The van der Waals surface area contributed by atoms with Crippen molar-refractivity contribution < 1.29 is 4.79 Å². The highest BCUT2D eigenvalue weighted by Gasteiger charge is 2.22. The number of carbonyl (C=O) groups is 1. The van der Waals surface area contributed by atoms with Crippen molar-refractivity contribution in [3.8, 4) is 0 Å². The number of rotatable bonds is 2. The van der Waals surface area contributed by atoms with Gasteiger partial charge in [0, 0.05) is 15.0 Å². The van der Waals surface area contributed by atoms with Crippen molar-refractivity contribution in [2.75, 3.05) is 5.32 Å². The molecular formula is C17H15ClN2OS2. The van der Waals surface area contributed by atoms with Gasteiger partial charge in [0.25, 0.3) is 5.91 Å². The first-order chi connectivity index (χ1) is 11.1. The van der Waals surface area contributed by atoms with Gasteiger partial charge in [0.05, 0.1) is 10.7 Å². The van der Waals surface area contributed by atoms with Crippen LogP contribution in [0.5, 0.6) is 0 Å². The number of benzene rings is 1. The summed E-state index contributed by atoms with van der Waals surface area (Å²) in [5.41, 5.74) is 1.14. The monoisotopic (exact) mass is 362 g/mol. The lowest BCUT2D eigenvalue weighted by molar-refractivity contribution is 0.103. The van der Waals surface area contributed by atoms with Gasteiger partial charge in [-0.15, -0.1) is 22.7 Å². The number of thiophene rings is 1. The lowest BCUT2D eigenvalue weighted by Crippen LogP contribution is -2.11. The molecule has 0 fully saturated rings. The predicted molar refractivity (Wildman–Crippen MR) is 98.1 cm³/mol. The fraction of sp³-hybridized carbons (Fsp3) is 0.294. The van der Waals surface area contributed by atoms with Crippen molar-refractivity contribution >= 4 is 55.4 Å². The number of thiazole rings is 1. The summed E-state index contributed by atoms with van der Waals surface area (Å²) < 4.78 is 1.02. The van der Waals surface area contributed by atoms with Gasteiger partial charge in [-0.2, -0.15) is 0 Å². The van der Waals surface area contributed by atoms with Crippen molar-refractivity contribution in [3.63, 3.8) is 0 Å². The third kappa shape index (κ3) is 2.77. The summed E-state index contributed by atoms with van der Waals surface area (Å²) in [6, 6.07) is 7.80. The standard InChI is InChI=1S/C17H15ClN2OS2/c1-9-6-7-11-13(8-9)23-17(19-11)20-16(21)15-14(18)10-4-2-3-5-12(10)22-15/h2-5,9H,6-8H2,1H3,(H,19,20,21)/t9-/m1/s1. The van der Waals surface area contributed by atoms with Crippen LogP contribution in [0.4, 0.5) is 5.13 Å². The zero-order chi connectivity index (χ0) is 16.0. The van der Waals surface area contributed by atoms with E-state index < -0.39 is 0 Å². The molecule has 0 unspecified atom stereocenters. The molecule has 1 aliphatic carbocycles. The molecule has 0 saturated heterocycles. The second-order valence-corrected chi connectivity index (χ2v) is 8.45. The van der Waals surface area contributed by atoms with Crippen LogP contribution in [0.2, 0.25) is 5.02 Å². The Balaban J connectivity index is 1.61. The molecule has 1 atom stereocenters. The fourth-order valence-electron chi connectivity index (χ4n) is 2.91. The summed E-state index contributed by atoms with van der Waals surface area (Å²) in [6.07, 6.45) is 3.24. The summed E-state index contributed by atoms with van der Waals surface area (Å²) in [5, 5.41) is 5.06. The molecule has 2 aromatic heterocycles. The van der Waals surface area contributed by atoms with Crippen LogP contribution in [0.15, 0.2) is 24.3 Å². The first-order valence-electron chi connectivity index (χ1n) is 7.59. The number of nitrogens with zero attached hydrogens (tertiary/aromatic N) is 1. The Labute approximate surface area is 147 Å². The Hall–Kier alpha value is -1.43. The molecule has 0 aliphatic heterocycles. The minimum Gasteiger partial charge on any atom is -0.297 e. The van der Waals surface area contributed by atoms with Crippen LogP contribution >= 0.6 is 34.3 Å². The van der Waals surface area contributed by atoms with Crippen LogP contribution in [-0.4, -0.2) is 10.9 Å². The molecule has 3 nitrogen and oxygen atoms in total. The predicted octanol–water partition coefficient (Wildman–Crippen LogP) is 5.39. The Kier molecular flexibility index (Phi) is 3.87. The van der Waals surface area contributed by atoms with Gasteiger partial charge in [-0.1, -0.05) is 36.7 Å². The average molecular weight is 363 g/mol. The number of hydrogen-bond acceptors (Lipinski definition) is 4. The maximum atomic E-state index is 12.6. The number of carbonyl (C=O) groups excluding carboxylic acids is 1. The fourth-order valence-corrected chi connectivity index (χ4v) is 5.49. The number of nitrogens with one attached hydrogen (secondary N) is 1. The summed E-state index contributed by atoms with van der Waals surface area (Å²) in [7, 11) is 0. The number of aromatic nitrogens is 1. The highest BCUT2D eigenvalue weighted by atomic mass is 35.5. The molecule has 0 bridgehead atoms. The maximum Gasteiger partial charge on any atom is 0.269 e. The van der Waals surface area contributed by atoms with Crippen LogP contribution in [0.3, 0.4) is 0 Å². The van der Waals surface area contributed by atoms with Crippen LogP contribution in [0.1, 0.15) is 33.6 Å². The van der Waals surface area contributed by atoms with Gasteiger partial charge < -0.3 is 0 Å². The molecule has 1 N–H and O–H groups in total. The minimum atomic E-state index is -0.171. The molecular weight excluding hydrogens is 348 g/mol. The van der Waals surface area contributed by atoms with Crippen LogP contribution in [0.25, 0.3) is 10.1 Å². The zero-order valence-electron chi connectivity index (χ0n) is 12.6. The Morgan fingerprint density at radius 1 is 1.35 bits per heavy atom. The van der Waals surface area contributed by atoms with E-state index in [-0.39, 0.29) is 5.91 Å². The highest BCUT2D eigenvalue weighted by molar-refractivity contribution is 7.22. The number of halogens is 1. The molecule has 0 spiro atoms. The highest BCUT2D eigenvalue weighted by Crippen LogP contribution is 2.36. The Morgan fingerprint density at radius 3 is 3.00 bits per heavy atom. The van der Waals surface area contributed by atoms with E-state index >= 15 is 0 Å². The smallest absolute Gasteiger partial charge is 0.269 e. The summed E-state index contributed by atoms with van der Waals surface area (Å²) in [5.74, 6) is 0.527. The second kappa shape index (κ2) is 5.89. The molecule has 1 aliphatic rings. The van der Waals surface area contributed by atoms with Gasteiger partial charge in [0.1, 0.15) is 4.88 Å². The van der Waals surface area contributed by atoms with Crippen LogP contribution < -0.4 is 5.32 Å². The molecule has 118 valence electrons. The number of fused-ring (bicyclic) bond motifs is 2. The van der Waals surface area contributed by atoms with Gasteiger partial charge in [-0.3, -0.25) is 10.1 Å². The summed E-state index contributed by atoms with van der Waals surface area (Å²) in [6.45, 7) is 2.26. The van der Waals surface area contributed by atoms with Crippen LogP contribution in [0, 0.1) is 5.92 Å². The van der Waals surface area contributed by atoms with Gasteiger partial charge in [-0.05, 0) is 31.2 Å². The molecule has 4 rings (SSSR count). The number of amides is 1. The molecule has 1 amide bonds. The third-order valence-corrected chi connectivity index (χ3v) is 6.86. The number of hydrogen-bond donors (Lipinski definition) is 1. The normalized spacial score (nSPS) is 17.2. The van der Waals surface area contributed by atoms with E-state index in [9.17, 15) is 4.79 Å². The summed E-state index contributed by atoms with van der Waals surface area (Å²) in [4.78, 5) is 19.0. The first-order valence-corrected chi connectivity index (χ1v) is 9.60. The van der Waals surface area contributed by atoms with E-state index in [0.717, 1.165) is 28.6 Å². The number of anilines is 1. The first kappa shape index (κ1) is 15.1. The Bertz CT molecular complexity index is 899. The SMILES string of the molecule is C[C@@H]1CCc2nc(NC(=O)c3sc4ccccc4c3Cl)sc2C1. The number of aryl methyl sites for hydroxylation is 1. The van der Waals surface area contributed by atoms with Crippen molar-refractivity contribution in [1.82, 2.24) is 4.98 Å². The largest absolute Gasteiger partial charge is 0.297 e. The lowest BCUT2D eigenvalue weighted by Gasteiger charge is -2.15. The van der Waals surface area contributed by atoms with Gasteiger partial charge in [0.15, 0.2) is 5.13 Å². The van der Waals surface area contributed by atoms with Crippen LogP contribution in [-0.2, 0) is 12.8 Å². The Morgan fingerprint density at radius 2 is 2.17 bits per heavy atom. The molecule has 23 heavy (non-hydrogen) atoms. The molecule has 6 heteroatoms. The van der Waals surface area contributed by atoms with Crippen molar-refractivity contribution in [3.05, 3.63) is 44.7 Å². The zero-order valence-corrected chi connectivity index (χ0v) is 14.9. The average Bonchev–Trinajstić information content (AvgIpc) is 3.08. The topological polar surface area (TPSA) is 42.0 Å². The molecule has 3 aromatic rings. The van der Waals surface area contributed by atoms with E-state index in [2.05, 4.69) is 17.2 Å². The van der Waals surface area contributed by atoms with Gasteiger partial charge in [-0.25, -0.2) is 4.98 Å². The van der Waals surface area contributed by atoms with Crippen molar-refractivity contribution in [1.29, 1.82) is 0 Å². The lowest BCUT2D eigenvalue weighted by atomic mass is 9.93. The van der Waals surface area contributed by atoms with Gasteiger partial charge in [0.2, 0.25) is 0 Å². The van der Waals surface area contributed by atoms with Crippen molar-refractivity contribution in [2.24, 2.45) is 5.92 Å². The van der Waals surface area contributed by atoms with E-state index in [1.807, 2.05) is 24.3 Å². The summed E-state index contributed by atoms with van der Waals surface area (Å²) >= 11 is 9.38. The minimum absolute atomic E-state index is 0.171. The molecule has 2 heterocycles. The molecule has 1 aromatic carbocycles. The van der Waals surface area contributed by atoms with E-state index in [1.54, 1.807) is 11.3 Å². The quantitative estimate of drug-likeness (QED) is 0.664. The third-order valence-electron chi connectivity index (χ3n) is 4.15. The van der Waals surface area contributed by atoms with E-state index in [4.69, 9.17) is 11.6 Å². The van der Waals surface area contributed by atoms with Crippen molar-refractivity contribution in [2.45, 2.75) is 26.2 Å². The second-order valence-electron chi connectivity index (χ2n) is 5.93. The van der Waals surface area contributed by atoms with E-state index in [0.29, 0.717) is 20.9 Å². The molecule has 0 radical (unpaired) electrons. The molecule has 0 saturated carbocycles. The maximum absolute atomic E-state index is 12.6.